The molecule has 30 heavy (non-hydrogen) atoms. The van der Waals surface area contributed by atoms with Crippen molar-refractivity contribution in [3.05, 3.63) is 27.7 Å². The summed E-state index contributed by atoms with van der Waals surface area (Å²) in [7, 11) is -3.95. The minimum Gasteiger partial charge on any atom is -0.449 e. The van der Waals surface area contributed by atoms with Crippen molar-refractivity contribution in [3.8, 4) is 0 Å². The van der Waals surface area contributed by atoms with Gasteiger partial charge < -0.3 is 14.8 Å². The summed E-state index contributed by atoms with van der Waals surface area (Å²) in [6.07, 6.45) is 2.86. The van der Waals surface area contributed by atoms with Crippen LogP contribution in [0.5, 0.6) is 0 Å². The Labute approximate surface area is 185 Å². The normalized spacial score (nSPS) is 19.4. The van der Waals surface area contributed by atoms with E-state index in [1.54, 1.807) is 0 Å². The quantitative estimate of drug-likeness (QED) is 0.630. The molecule has 1 atom stereocenters. The number of rotatable bonds is 6. The summed E-state index contributed by atoms with van der Waals surface area (Å²) in [5, 5.41) is 2.69. The van der Waals surface area contributed by atoms with Gasteiger partial charge in [0.2, 0.25) is 10.0 Å². The predicted octanol–water partition coefficient (Wildman–Crippen LogP) is 2.62. The number of sulfonamides is 1. The van der Waals surface area contributed by atoms with Crippen LogP contribution in [0.3, 0.4) is 0 Å². The van der Waals surface area contributed by atoms with Gasteiger partial charge >= 0.3 is 5.97 Å². The summed E-state index contributed by atoms with van der Waals surface area (Å²) in [5.74, 6) is -1.30. The first-order valence-electron chi connectivity index (χ1n) is 9.78. The van der Waals surface area contributed by atoms with E-state index >= 15 is 0 Å². The van der Waals surface area contributed by atoms with Crippen LogP contribution >= 0.6 is 23.2 Å². The highest BCUT2D eigenvalue weighted by Crippen LogP contribution is 2.31. The number of amides is 1. The number of halogens is 2. The van der Waals surface area contributed by atoms with Crippen LogP contribution in [0, 0.1) is 0 Å². The van der Waals surface area contributed by atoms with Crippen LogP contribution in [0.15, 0.2) is 17.0 Å². The molecule has 1 unspecified atom stereocenters. The van der Waals surface area contributed by atoms with Gasteiger partial charge in [-0.1, -0.05) is 36.0 Å². The Hall–Kier alpha value is -1.39. The lowest BCUT2D eigenvalue weighted by Crippen LogP contribution is -2.41. The molecule has 1 heterocycles. The largest absolute Gasteiger partial charge is 0.449 e. The average Bonchev–Trinajstić information content (AvgIpc) is 3.21. The summed E-state index contributed by atoms with van der Waals surface area (Å²) in [4.78, 5) is 24.7. The lowest BCUT2D eigenvalue weighted by molar-refractivity contribution is -0.129. The minimum absolute atomic E-state index is 0.0608. The summed E-state index contributed by atoms with van der Waals surface area (Å²) in [6, 6.07) is 2.37. The van der Waals surface area contributed by atoms with Crippen molar-refractivity contribution in [1.82, 2.24) is 9.62 Å². The molecule has 1 N–H and O–H groups in total. The Morgan fingerprint density at radius 3 is 2.43 bits per heavy atom. The van der Waals surface area contributed by atoms with Gasteiger partial charge in [-0.05, 0) is 31.9 Å². The van der Waals surface area contributed by atoms with Gasteiger partial charge in [0.15, 0.2) is 6.10 Å². The molecule has 1 saturated carbocycles. The van der Waals surface area contributed by atoms with Crippen LogP contribution in [-0.4, -0.2) is 63.0 Å². The highest BCUT2D eigenvalue weighted by atomic mass is 35.5. The highest BCUT2D eigenvalue weighted by Gasteiger charge is 2.31. The second-order valence-electron chi connectivity index (χ2n) is 7.32. The summed E-state index contributed by atoms with van der Waals surface area (Å²) < 4.78 is 37.5. The van der Waals surface area contributed by atoms with Crippen LogP contribution in [0.2, 0.25) is 10.0 Å². The fourth-order valence-electron chi connectivity index (χ4n) is 3.48. The highest BCUT2D eigenvalue weighted by molar-refractivity contribution is 7.89. The number of nitrogens with one attached hydrogen (secondary N) is 1. The van der Waals surface area contributed by atoms with Crippen molar-refractivity contribution >= 4 is 45.1 Å². The van der Waals surface area contributed by atoms with Gasteiger partial charge in [-0.25, -0.2) is 13.2 Å². The topological polar surface area (TPSA) is 102 Å². The first-order valence-corrected chi connectivity index (χ1v) is 12.0. The number of benzene rings is 1. The summed E-state index contributed by atoms with van der Waals surface area (Å²) in [6.45, 7) is 2.36. The maximum Gasteiger partial charge on any atom is 0.340 e. The maximum absolute atomic E-state index is 12.9. The van der Waals surface area contributed by atoms with E-state index in [0.29, 0.717) is 0 Å². The molecule has 1 saturated heterocycles. The van der Waals surface area contributed by atoms with E-state index in [1.165, 1.54) is 17.3 Å². The molecule has 3 rings (SSSR count). The maximum atomic E-state index is 12.9. The average molecular weight is 479 g/mol. The SMILES string of the molecule is CC(OC(=O)c1cc(S(=O)(=O)N2CCOCC2)c(Cl)cc1Cl)C(=O)NC1CCCC1. The van der Waals surface area contributed by atoms with E-state index in [0.717, 1.165) is 31.7 Å². The molecule has 166 valence electrons. The lowest BCUT2D eigenvalue weighted by atomic mass is 10.2. The zero-order chi connectivity index (χ0) is 21.9. The molecule has 0 radical (unpaired) electrons. The van der Waals surface area contributed by atoms with Crippen molar-refractivity contribution < 1.29 is 27.5 Å². The fraction of sp³-hybridized carbons (Fsp3) is 0.579. The van der Waals surface area contributed by atoms with Crippen LogP contribution in [-0.2, 0) is 24.3 Å². The van der Waals surface area contributed by atoms with E-state index in [1.807, 2.05) is 0 Å². The van der Waals surface area contributed by atoms with Crippen LogP contribution < -0.4 is 5.32 Å². The Morgan fingerprint density at radius 1 is 1.17 bits per heavy atom. The van der Waals surface area contributed by atoms with Gasteiger partial charge in [-0.15, -0.1) is 0 Å². The molecule has 1 aromatic carbocycles. The third-order valence-electron chi connectivity index (χ3n) is 5.18. The number of carbonyl (C=O) groups is 2. The van der Waals surface area contributed by atoms with Gasteiger partial charge in [0.25, 0.3) is 5.91 Å². The molecule has 1 aromatic rings. The predicted molar refractivity (Wildman–Crippen MR) is 111 cm³/mol. The van der Waals surface area contributed by atoms with Crippen LogP contribution in [0.25, 0.3) is 0 Å². The zero-order valence-corrected chi connectivity index (χ0v) is 18.9. The molecule has 1 aliphatic carbocycles. The Kier molecular flexibility index (Phi) is 7.62. The number of esters is 1. The molecule has 8 nitrogen and oxygen atoms in total. The van der Waals surface area contributed by atoms with Crippen molar-refractivity contribution in [3.63, 3.8) is 0 Å². The van der Waals surface area contributed by atoms with Gasteiger partial charge in [0.1, 0.15) is 4.90 Å². The Morgan fingerprint density at radius 2 is 1.80 bits per heavy atom. The summed E-state index contributed by atoms with van der Waals surface area (Å²) >= 11 is 12.2. The third kappa shape index (κ3) is 5.26. The van der Waals surface area contributed by atoms with E-state index in [2.05, 4.69) is 5.32 Å². The minimum atomic E-state index is -3.95. The Bertz CT molecular complexity index is 912. The number of hydrogen-bond donors (Lipinski definition) is 1. The van der Waals surface area contributed by atoms with E-state index in [9.17, 15) is 18.0 Å². The first kappa shape index (κ1) is 23.3. The monoisotopic (exact) mass is 478 g/mol. The van der Waals surface area contributed by atoms with Gasteiger partial charge in [-0.2, -0.15) is 4.31 Å². The van der Waals surface area contributed by atoms with E-state index in [4.69, 9.17) is 32.7 Å². The van der Waals surface area contributed by atoms with Crippen LogP contribution in [0.4, 0.5) is 0 Å². The molecular formula is C19H24Cl2N2O6S. The fourth-order valence-corrected chi connectivity index (χ4v) is 5.71. The van der Waals surface area contributed by atoms with Gasteiger partial charge in [0.05, 0.1) is 28.8 Å². The molecular weight excluding hydrogens is 455 g/mol. The third-order valence-corrected chi connectivity index (χ3v) is 7.86. The van der Waals surface area contributed by atoms with Crippen molar-refractivity contribution in [2.75, 3.05) is 26.3 Å². The molecule has 0 aromatic heterocycles. The van der Waals surface area contributed by atoms with Crippen LogP contribution in [0.1, 0.15) is 43.0 Å². The van der Waals surface area contributed by atoms with Crippen molar-refractivity contribution in [1.29, 1.82) is 0 Å². The lowest BCUT2D eigenvalue weighted by Gasteiger charge is -2.26. The van der Waals surface area contributed by atoms with Gasteiger partial charge in [-0.3, -0.25) is 4.79 Å². The number of morpholine rings is 1. The molecule has 1 aliphatic heterocycles. The van der Waals surface area contributed by atoms with Crippen molar-refractivity contribution in [2.24, 2.45) is 0 Å². The number of hydrogen-bond acceptors (Lipinski definition) is 6. The smallest absolute Gasteiger partial charge is 0.340 e. The van der Waals surface area contributed by atoms with Crippen molar-refractivity contribution in [2.45, 2.75) is 49.6 Å². The van der Waals surface area contributed by atoms with E-state index in [-0.39, 0.29) is 52.8 Å². The number of carbonyl (C=O) groups excluding carboxylic acids is 2. The standard InChI is InChI=1S/C19H24Cl2N2O6S/c1-12(18(24)22-13-4-2-3-5-13)29-19(25)14-10-17(16(21)11-15(14)20)30(26,27)23-6-8-28-9-7-23/h10-13H,2-9H2,1H3,(H,22,24). The number of nitrogens with zero attached hydrogens (tertiary/aromatic N) is 1. The van der Waals surface area contributed by atoms with E-state index < -0.39 is 28.0 Å². The molecule has 0 spiro atoms. The Balaban J connectivity index is 1.77. The second-order valence-corrected chi connectivity index (χ2v) is 10.0. The molecule has 2 fully saturated rings. The zero-order valence-electron chi connectivity index (χ0n) is 16.5. The summed E-state index contributed by atoms with van der Waals surface area (Å²) in [5.41, 5.74) is -0.173. The first-order chi connectivity index (χ1) is 14.2. The molecule has 0 bridgehead atoms. The second kappa shape index (κ2) is 9.82. The molecule has 2 aliphatic rings. The molecule has 1 amide bonds. The number of ether oxygens (including phenoxy) is 2. The molecule has 11 heteroatoms. The van der Waals surface area contributed by atoms with Gasteiger partial charge in [0, 0.05) is 19.1 Å².